The Balaban J connectivity index is 2.08. The first-order valence-corrected chi connectivity index (χ1v) is 10.0. The lowest BCUT2D eigenvalue weighted by Gasteiger charge is -2.21. The standard InChI is InChI=1S/C15H21NO5S2/c1-11(17)22-8-6-14(18)15(19)12-4-2-5-13(10-12)16-7-3-9-23(16,20)21/h2,4-5,10,14-15,18-19H,3,6-9H2,1H3. The van der Waals surface area contributed by atoms with Crippen molar-refractivity contribution in [2.45, 2.75) is 32.0 Å². The maximum Gasteiger partial charge on any atom is 0.235 e. The molecule has 1 aliphatic rings. The first-order valence-electron chi connectivity index (χ1n) is 7.41. The Labute approximate surface area is 140 Å². The second-order valence-electron chi connectivity index (χ2n) is 5.48. The quantitative estimate of drug-likeness (QED) is 0.795. The number of hydrogen-bond donors (Lipinski definition) is 2. The molecule has 1 aromatic carbocycles. The lowest BCUT2D eigenvalue weighted by molar-refractivity contribution is -0.109. The highest BCUT2D eigenvalue weighted by atomic mass is 32.2. The van der Waals surface area contributed by atoms with E-state index in [1.54, 1.807) is 24.3 Å². The summed E-state index contributed by atoms with van der Waals surface area (Å²) in [6.45, 7) is 1.88. The van der Waals surface area contributed by atoms with Crippen molar-refractivity contribution in [2.24, 2.45) is 0 Å². The third kappa shape index (κ3) is 4.69. The van der Waals surface area contributed by atoms with Crippen LogP contribution in [0.3, 0.4) is 0 Å². The molecule has 1 fully saturated rings. The fourth-order valence-corrected chi connectivity index (χ4v) is 4.70. The van der Waals surface area contributed by atoms with Gasteiger partial charge in [-0.3, -0.25) is 9.10 Å². The number of thioether (sulfide) groups is 1. The van der Waals surface area contributed by atoms with E-state index in [1.807, 2.05) is 0 Å². The highest BCUT2D eigenvalue weighted by Gasteiger charge is 2.29. The van der Waals surface area contributed by atoms with Gasteiger partial charge in [-0.1, -0.05) is 23.9 Å². The molecule has 2 N–H and O–H groups in total. The minimum absolute atomic E-state index is 0.0343. The predicted octanol–water partition coefficient (Wildman–Crippen LogP) is 1.29. The van der Waals surface area contributed by atoms with Crippen LogP contribution in [-0.2, 0) is 14.8 Å². The van der Waals surface area contributed by atoms with Crippen molar-refractivity contribution in [3.63, 3.8) is 0 Å². The monoisotopic (exact) mass is 359 g/mol. The zero-order chi connectivity index (χ0) is 17.0. The smallest absolute Gasteiger partial charge is 0.235 e. The number of sulfonamides is 1. The van der Waals surface area contributed by atoms with Crippen LogP contribution < -0.4 is 4.31 Å². The van der Waals surface area contributed by atoms with E-state index in [4.69, 9.17) is 0 Å². The van der Waals surface area contributed by atoms with E-state index in [1.165, 1.54) is 11.2 Å². The molecule has 23 heavy (non-hydrogen) atoms. The Hall–Kier alpha value is -1.09. The lowest BCUT2D eigenvalue weighted by atomic mass is 10.0. The summed E-state index contributed by atoms with van der Waals surface area (Å²) in [5.41, 5.74) is 0.967. The Bertz CT molecular complexity index is 662. The molecule has 6 nitrogen and oxygen atoms in total. The summed E-state index contributed by atoms with van der Waals surface area (Å²) in [6.07, 6.45) is -1.27. The van der Waals surface area contributed by atoms with E-state index in [2.05, 4.69) is 0 Å². The van der Waals surface area contributed by atoms with Gasteiger partial charge in [-0.05, 0) is 30.5 Å². The summed E-state index contributed by atoms with van der Waals surface area (Å²) in [5.74, 6) is 0.554. The third-order valence-corrected chi connectivity index (χ3v) is 6.40. The molecular formula is C15H21NO5S2. The van der Waals surface area contributed by atoms with Crippen molar-refractivity contribution in [3.05, 3.63) is 29.8 Å². The van der Waals surface area contributed by atoms with Crippen LogP contribution in [-0.4, -0.2) is 47.9 Å². The van der Waals surface area contributed by atoms with Gasteiger partial charge < -0.3 is 10.2 Å². The summed E-state index contributed by atoms with van der Waals surface area (Å²) >= 11 is 1.10. The normalized spacial score (nSPS) is 19.5. The molecule has 0 saturated carbocycles. The highest BCUT2D eigenvalue weighted by Crippen LogP contribution is 2.28. The number of benzene rings is 1. The first kappa shape index (κ1) is 18.3. The summed E-state index contributed by atoms with van der Waals surface area (Å²) in [7, 11) is -3.28. The van der Waals surface area contributed by atoms with Crippen LogP contribution in [0.25, 0.3) is 0 Å². The molecule has 128 valence electrons. The van der Waals surface area contributed by atoms with Gasteiger partial charge in [-0.2, -0.15) is 0 Å². The summed E-state index contributed by atoms with van der Waals surface area (Å²) in [5, 5.41) is 20.2. The van der Waals surface area contributed by atoms with Crippen LogP contribution in [0, 0.1) is 0 Å². The number of anilines is 1. The van der Waals surface area contributed by atoms with Gasteiger partial charge in [0.05, 0.1) is 17.5 Å². The predicted molar refractivity (Wildman–Crippen MR) is 90.9 cm³/mol. The molecular weight excluding hydrogens is 338 g/mol. The van der Waals surface area contributed by atoms with Gasteiger partial charge in [-0.25, -0.2) is 8.42 Å². The van der Waals surface area contributed by atoms with Crippen LogP contribution >= 0.6 is 11.8 Å². The molecule has 0 aliphatic carbocycles. The minimum Gasteiger partial charge on any atom is -0.390 e. The topological polar surface area (TPSA) is 94.9 Å². The number of hydrogen-bond acceptors (Lipinski definition) is 6. The van der Waals surface area contributed by atoms with Crippen molar-refractivity contribution in [1.29, 1.82) is 0 Å². The fourth-order valence-electron chi connectivity index (χ4n) is 2.50. The SMILES string of the molecule is CC(=O)SCCC(O)C(O)c1cccc(N2CCCS2(=O)=O)c1. The molecule has 2 atom stereocenters. The zero-order valence-corrected chi connectivity index (χ0v) is 14.5. The van der Waals surface area contributed by atoms with Gasteiger partial charge >= 0.3 is 0 Å². The maximum absolute atomic E-state index is 12.0. The molecule has 1 heterocycles. The number of aliphatic hydroxyl groups excluding tert-OH is 2. The highest BCUT2D eigenvalue weighted by molar-refractivity contribution is 8.13. The average Bonchev–Trinajstić information content (AvgIpc) is 2.85. The summed E-state index contributed by atoms with van der Waals surface area (Å²) in [6, 6.07) is 6.59. The molecule has 2 rings (SSSR count). The number of aliphatic hydroxyl groups is 2. The Morgan fingerprint density at radius 2 is 2.13 bits per heavy atom. The van der Waals surface area contributed by atoms with Crippen molar-refractivity contribution >= 4 is 32.6 Å². The largest absolute Gasteiger partial charge is 0.390 e. The van der Waals surface area contributed by atoms with Gasteiger partial charge in [0.15, 0.2) is 5.12 Å². The maximum atomic E-state index is 12.0. The zero-order valence-electron chi connectivity index (χ0n) is 12.9. The minimum atomic E-state index is -3.28. The van der Waals surface area contributed by atoms with Crippen LogP contribution in [0.15, 0.2) is 24.3 Å². The molecule has 0 spiro atoms. The van der Waals surface area contributed by atoms with E-state index in [-0.39, 0.29) is 17.3 Å². The van der Waals surface area contributed by atoms with Crippen LogP contribution in [0.4, 0.5) is 5.69 Å². The number of nitrogens with zero attached hydrogens (tertiary/aromatic N) is 1. The third-order valence-electron chi connectivity index (χ3n) is 3.68. The van der Waals surface area contributed by atoms with E-state index in [0.29, 0.717) is 30.0 Å². The molecule has 1 aliphatic heterocycles. The lowest BCUT2D eigenvalue weighted by Crippen LogP contribution is -2.25. The van der Waals surface area contributed by atoms with E-state index in [9.17, 15) is 23.4 Å². The molecule has 0 bridgehead atoms. The molecule has 2 unspecified atom stereocenters. The van der Waals surface area contributed by atoms with Gasteiger partial charge in [0.25, 0.3) is 0 Å². The van der Waals surface area contributed by atoms with E-state index >= 15 is 0 Å². The van der Waals surface area contributed by atoms with Crippen molar-refractivity contribution < 1.29 is 23.4 Å². The van der Waals surface area contributed by atoms with Crippen LogP contribution in [0.5, 0.6) is 0 Å². The molecule has 8 heteroatoms. The molecule has 0 aromatic heterocycles. The second kappa shape index (κ2) is 7.65. The van der Waals surface area contributed by atoms with Crippen LogP contribution in [0.2, 0.25) is 0 Å². The number of carbonyl (C=O) groups is 1. The van der Waals surface area contributed by atoms with Crippen LogP contribution in [0.1, 0.15) is 31.4 Å². The van der Waals surface area contributed by atoms with Crippen molar-refractivity contribution in [3.8, 4) is 0 Å². The van der Waals surface area contributed by atoms with Gasteiger partial charge in [0, 0.05) is 19.2 Å². The Morgan fingerprint density at radius 1 is 1.39 bits per heavy atom. The van der Waals surface area contributed by atoms with E-state index < -0.39 is 22.2 Å². The molecule has 0 amide bonds. The van der Waals surface area contributed by atoms with Gasteiger partial charge in [-0.15, -0.1) is 0 Å². The molecule has 1 aromatic rings. The Kier molecular flexibility index (Phi) is 6.07. The summed E-state index contributed by atoms with van der Waals surface area (Å²) < 4.78 is 25.3. The van der Waals surface area contributed by atoms with E-state index in [0.717, 1.165) is 11.8 Å². The fraction of sp³-hybridized carbons (Fsp3) is 0.533. The van der Waals surface area contributed by atoms with Gasteiger partial charge in [0.2, 0.25) is 10.0 Å². The number of carbonyl (C=O) groups excluding carboxylic acids is 1. The molecule has 0 radical (unpaired) electrons. The van der Waals surface area contributed by atoms with Gasteiger partial charge in [0.1, 0.15) is 6.10 Å². The summed E-state index contributed by atoms with van der Waals surface area (Å²) in [4.78, 5) is 10.9. The molecule has 1 saturated heterocycles. The second-order valence-corrected chi connectivity index (χ2v) is 8.76. The van der Waals surface area contributed by atoms with Crippen molar-refractivity contribution in [2.75, 3.05) is 22.4 Å². The van der Waals surface area contributed by atoms with Crippen molar-refractivity contribution in [1.82, 2.24) is 0 Å². The Morgan fingerprint density at radius 3 is 2.74 bits per heavy atom. The number of rotatable bonds is 6. The first-order chi connectivity index (χ1) is 10.8. The average molecular weight is 359 g/mol.